The van der Waals surface area contributed by atoms with E-state index in [1.807, 2.05) is 18.9 Å². The van der Waals surface area contributed by atoms with Gasteiger partial charge in [-0.2, -0.15) is 0 Å². The van der Waals surface area contributed by atoms with Crippen molar-refractivity contribution in [2.24, 2.45) is 5.73 Å². The molecule has 0 aliphatic rings. The molecule has 0 radical (unpaired) electrons. The first-order chi connectivity index (χ1) is 8.92. The average Bonchev–Trinajstić information content (AvgIpc) is 2.36. The van der Waals surface area contributed by atoms with Crippen LogP contribution in [-0.2, 0) is 0 Å². The molecule has 2 atom stereocenters. The van der Waals surface area contributed by atoms with E-state index in [1.54, 1.807) is 0 Å². The molecule has 0 bridgehead atoms. The molecule has 0 amide bonds. The number of benzene rings is 1. The molecule has 0 spiro atoms. The van der Waals surface area contributed by atoms with Crippen molar-refractivity contribution < 1.29 is 13.2 Å². The zero-order valence-corrected chi connectivity index (χ0v) is 11.6. The monoisotopic (exact) mass is 274 g/mol. The van der Waals surface area contributed by atoms with Crippen LogP contribution in [0.15, 0.2) is 12.1 Å². The van der Waals surface area contributed by atoms with Crippen LogP contribution in [0.3, 0.4) is 0 Å². The summed E-state index contributed by atoms with van der Waals surface area (Å²) in [7, 11) is 1.86. The molecule has 0 fully saturated rings. The Morgan fingerprint density at radius 3 is 2.16 bits per heavy atom. The Bertz CT molecular complexity index is 400. The van der Waals surface area contributed by atoms with Gasteiger partial charge in [0.25, 0.3) is 0 Å². The molecule has 5 heteroatoms. The molecule has 0 saturated heterocycles. The largest absolute Gasteiger partial charge is 0.329 e. The molecule has 1 aromatic rings. The summed E-state index contributed by atoms with van der Waals surface area (Å²) in [5, 5.41) is 0. The van der Waals surface area contributed by atoms with Crippen LogP contribution in [0.4, 0.5) is 13.2 Å². The molecule has 0 heterocycles. The Kier molecular flexibility index (Phi) is 5.82. The van der Waals surface area contributed by atoms with Gasteiger partial charge in [0.05, 0.1) is 0 Å². The van der Waals surface area contributed by atoms with E-state index in [-0.39, 0.29) is 18.6 Å². The minimum Gasteiger partial charge on any atom is -0.329 e. The van der Waals surface area contributed by atoms with Crippen LogP contribution in [0, 0.1) is 17.5 Å². The second-order valence-corrected chi connectivity index (χ2v) is 4.85. The van der Waals surface area contributed by atoms with Gasteiger partial charge in [0, 0.05) is 18.6 Å². The van der Waals surface area contributed by atoms with Gasteiger partial charge in [-0.05, 0) is 38.1 Å². The van der Waals surface area contributed by atoms with Crippen molar-refractivity contribution in [1.82, 2.24) is 4.90 Å². The second-order valence-electron chi connectivity index (χ2n) is 4.85. The maximum absolute atomic E-state index is 13.3. The third kappa shape index (κ3) is 3.70. The van der Waals surface area contributed by atoms with E-state index >= 15 is 0 Å². The highest BCUT2D eigenvalue weighted by Gasteiger charge is 2.22. The van der Waals surface area contributed by atoms with E-state index in [1.165, 1.54) is 0 Å². The third-order valence-corrected chi connectivity index (χ3v) is 3.51. The summed E-state index contributed by atoms with van der Waals surface area (Å²) in [5.41, 5.74) is 6.06. The molecule has 108 valence electrons. The molecule has 2 N–H and O–H groups in total. The number of nitrogens with two attached hydrogens (primary N) is 1. The van der Waals surface area contributed by atoms with E-state index in [2.05, 4.69) is 6.92 Å². The van der Waals surface area contributed by atoms with Crippen molar-refractivity contribution in [3.8, 4) is 0 Å². The zero-order valence-electron chi connectivity index (χ0n) is 11.6. The fourth-order valence-corrected chi connectivity index (χ4v) is 2.23. The Hall–Kier alpha value is -1.07. The highest BCUT2D eigenvalue weighted by atomic mass is 19.2. The van der Waals surface area contributed by atoms with E-state index in [0.717, 1.165) is 25.0 Å². The predicted octanol–water partition coefficient (Wildman–Crippen LogP) is 3.22. The molecule has 1 rings (SSSR count). The van der Waals surface area contributed by atoms with Crippen LogP contribution in [0.2, 0.25) is 0 Å². The zero-order chi connectivity index (χ0) is 14.6. The first-order valence-corrected chi connectivity index (χ1v) is 6.48. The molecular weight excluding hydrogens is 253 g/mol. The summed E-state index contributed by atoms with van der Waals surface area (Å²) in [5.74, 6) is -3.79. The quantitative estimate of drug-likeness (QED) is 0.807. The van der Waals surface area contributed by atoms with Crippen LogP contribution in [0.25, 0.3) is 0 Å². The molecule has 0 aliphatic carbocycles. The summed E-state index contributed by atoms with van der Waals surface area (Å²) in [6.07, 6.45) is 1.97. The number of hydrogen-bond donors (Lipinski definition) is 1. The Morgan fingerprint density at radius 1 is 1.21 bits per heavy atom. The van der Waals surface area contributed by atoms with E-state index in [9.17, 15) is 13.2 Å². The summed E-state index contributed by atoms with van der Waals surface area (Å²) >= 11 is 0. The van der Waals surface area contributed by atoms with Gasteiger partial charge in [-0.1, -0.05) is 13.3 Å². The number of nitrogens with zero attached hydrogens (tertiary/aromatic N) is 1. The second kappa shape index (κ2) is 6.91. The number of rotatable bonds is 6. The lowest BCUT2D eigenvalue weighted by molar-refractivity contribution is 0.179. The van der Waals surface area contributed by atoms with Gasteiger partial charge in [0.15, 0.2) is 17.5 Å². The minimum atomic E-state index is -1.44. The smallest absolute Gasteiger partial charge is 0.194 e. The molecule has 2 unspecified atom stereocenters. The van der Waals surface area contributed by atoms with Crippen molar-refractivity contribution in [3.05, 3.63) is 35.1 Å². The highest BCUT2D eigenvalue weighted by molar-refractivity contribution is 5.23. The van der Waals surface area contributed by atoms with Crippen molar-refractivity contribution in [3.63, 3.8) is 0 Å². The molecule has 0 saturated carbocycles. The number of likely N-dealkylation sites (N-methyl/N-ethyl adjacent to an activating group) is 1. The maximum atomic E-state index is 13.3. The summed E-state index contributed by atoms with van der Waals surface area (Å²) in [6.45, 7) is 4.32. The normalized spacial score (nSPS) is 14.7. The van der Waals surface area contributed by atoms with Crippen LogP contribution in [-0.4, -0.2) is 24.5 Å². The lowest BCUT2D eigenvalue weighted by Gasteiger charge is -2.32. The SMILES string of the molecule is CCCC(C)N(C)C(CN)c1cc(F)c(F)c(F)c1. The number of halogens is 3. The maximum Gasteiger partial charge on any atom is 0.194 e. The summed E-state index contributed by atoms with van der Waals surface area (Å²) < 4.78 is 39.5. The van der Waals surface area contributed by atoms with Gasteiger partial charge in [-0.3, -0.25) is 4.90 Å². The third-order valence-electron chi connectivity index (χ3n) is 3.51. The van der Waals surface area contributed by atoms with Gasteiger partial charge in [-0.25, -0.2) is 13.2 Å². The first kappa shape index (κ1) is 16.0. The molecule has 2 nitrogen and oxygen atoms in total. The fraction of sp³-hybridized carbons (Fsp3) is 0.571. The molecule has 0 aliphatic heterocycles. The van der Waals surface area contributed by atoms with Crippen LogP contribution in [0.5, 0.6) is 0 Å². The molecular formula is C14H21F3N2. The molecule has 0 aromatic heterocycles. The van der Waals surface area contributed by atoms with Crippen LogP contribution >= 0.6 is 0 Å². The fourth-order valence-electron chi connectivity index (χ4n) is 2.23. The lowest BCUT2D eigenvalue weighted by Crippen LogP contribution is -2.37. The summed E-state index contributed by atoms with van der Waals surface area (Å²) in [6, 6.07) is 1.94. The minimum absolute atomic E-state index is 0.217. The average molecular weight is 274 g/mol. The summed E-state index contributed by atoms with van der Waals surface area (Å²) in [4.78, 5) is 1.97. The van der Waals surface area contributed by atoms with E-state index in [0.29, 0.717) is 5.56 Å². The Balaban J connectivity index is 3.03. The van der Waals surface area contributed by atoms with Gasteiger partial charge >= 0.3 is 0 Å². The van der Waals surface area contributed by atoms with E-state index in [4.69, 9.17) is 5.73 Å². The number of hydrogen-bond acceptors (Lipinski definition) is 2. The van der Waals surface area contributed by atoms with Crippen molar-refractivity contribution in [2.45, 2.75) is 38.8 Å². The predicted molar refractivity (Wildman–Crippen MR) is 70.2 cm³/mol. The van der Waals surface area contributed by atoms with Gasteiger partial charge < -0.3 is 5.73 Å². The van der Waals surface area contributed by atoms with Gasteiger partial charge in [0.1, 0.15) is 0 Å². The highest BCUT2D eigenvalue weighted by Crippen LogP contribution is 2.25. The Morgan fingerprint density at radius 2 is 1.74 bits per heavy atom. The Labute approximate surface area is 112 Å². The first-order valence-electron chi connectivity index (χ1n) is 6.48. The van der Waals surface area contributed by atoms with Crippen molar-refractivity contribution >= 4 is 0 Å². The van der Waals surface area contributed by atoms with Crippen molar-refractivity contribution in [1.29, 1.82) is 0 Å². The van der Waals surface area contributed by atoms with Gasteiger partial charge in [0.2, 0.25) is 0 Å². The van der Waals surface area contributed by atoms with Crippen LogP contribution in [0.1, 0.15) is 38.3 Å². The molecule has 1 aromatic carbocycles. The van der Waals surface area contributed by atoms with Gasteiger partial charge in [-0.15, -0.1) is 0 Å². The topological polar surface area (TPSA) is 29.3 Å². The lowest BCUT2D eigenvalue weighted by atomic mass is 10.0. The van der Waals surface area contributed by atoms with E-state index < -0.39 is 17.5 Å². The standard InChI is InChI=1S/C14H21F3N2/c1-4-5-9(2)19(3)13(8-18)10-6-11(15)14(17)12(16)7-10/h6-7,9,13H,4-5,8,18H2,1-3H3. The molecule has 19 heavy (non-hydrogen) atoms. The van der Waals surface area contributed by atoms with Crippen LogP contribution < -0.4 is 5.73 Å². The van der Waals surface area contributed by atoms with Crippen molar-refractivity contribution in [2.75, 3.05) is 13.6 Å².